The molecule has 0 saturated carbocycles. The lowest BCUT2D eigenvalue weighted by Crippen LogP contribution is -2.06. The van der Waals surface area contributed by atoms with E-state index in [1.54, 1.807) is 18.0 Å². The van der Waals surface area contributed by atoms with Crippen LogP contribution in [0.4, 0.5) is 0 Å². The van der Waals surface area contributed by atoms with Gasteiger partial charge in [-0.15, -0.1) is 0 Å². The molecule has 5 nitrogen and oxygen atoms in total. The zero-order chi connectivity index (χ0) is 20.9. The lowest BCUT2D eigenvalue weighted by atomic mass is 10.1. The molecule has 0 aliphatic heterocycles. The van der Waals surface area contributed by atoms with E-state index in [0.29, 0.717) is 11.3 Å². The molecule has 0 fully saturated rings. The highest BCUT2D eigenvalue weighted by Gasteiger charge is 2.20. The van der Waals surface area contributed by atoms with E-state index in [4.69, 9.17) is 9.47 Å². The van der Waals surface area contributed by atoms with Crippen LogP contribution in [0, 0.1) is 0 Å². The predicted molar refractivity (Wildman–Crippen MR) is 119 cm³/mol. The molecule has 0 saturated heterocycles. The highest BCUT2D eigenvalue weighted by atomic mass is 79.9. The Hall–Kier alpha value is -3.38. The van der Waals surface area contributed by atoms with Crippen molar-refractivity contribution in [2.45, 2.75) is 6.61 Å². The molecule has 0 unspecified atom stereocenters. The number of rotatable bonds is 6. The molecule has 30 heavy (non-hydrogen) atoms. The van der Waals surface area contributed by atoms with Gasteiger partial charge in [-0.25, -0.2) is 9.48 Å². The molecule has 150 valence electrons. The van der Waals surface area contributed by atoms with Crippen molar-refractivity contribution < 1.29 is 14.3 Å². The van der Waals surface area contributed by atoms with E-state index in [-0.39, 0.29) is 6.61 Å². The average molecular weight is 463 g/mol. The second-order valence-electron chi connectivity index (χ2n) is 6.60. The maximum atomic E-state index is 12.9. The van der Waals surface area contributed by atoms with Crippen LogP contribution in [0.15, 0.2) is 89.5 Å². The molecule has 4 rings (SSSR count). The summed E-state index contributed by atoms with van der Waals surface area (Å²) < 4.78 is 13.5. The normalized spacial score (nSPS) is 10.6. The molecule has 3 aromatic carbocycles. The molecule has 4 aromatic rings. The fourth-order valence-corrected chi connectivity index (χ4v) is 3.27. The predicted octanol–water partition coefficient (Wildman–Crippen LogP) is 5.67. The lowest BCUT2D eigenvalue weighted by molar-refractivity contribution is 0.0473. The Balaban J connectivity index is 1.66. The Bertz CT molecular complexity index is 1140. The van der Waals surface area contributed by atoms with Crippen LogP contribution in [0.3, 0.4) is 0 Å². The zero-order valence-electron chi connectivity index (χ0n) is 16.3. The number of carbonyl (C=O) groups is 1. The van der Waals surface area contributed by atoms with Gasteiger partial charge in [-0.1, -0.05) is 46.3 Å². The molecular weight excluding hydrogens is 444 g/mol. The van der Waals surface area contributed by atoms with E-state index in [1.165, 1.54) is 0 Å². The number of carbonyl (C=O) groups excluding carboxylic acids is 1. The minimum atomic E-state index is -0.425. The number of methoxy groups -OCH3 is 1. The summed E-state index contributed by atoms with van der Waals surface area (Å²) in [5.74, 6) is 0.312. The third-order valence-corrected chi connectivity index (χ3v) is 5.13. The summed E-state index contributed by atoms with van der Waals surface area (Å²) in [6, 6.07) is 24.7. The lowest BCUT2D eigenvalue weighted by Gasteiger charge is -2.06. The SMILES string of the molecule is COc1ccc(-c2nn(-c3ccccc3)cc2C(=O)OCc2ccc(Br)cc2)cc1. The quantitative estimate of drug-likeness (QED) is 0.346. The van der Waals surface area contributed by atoms with Crippen molar-refractivity contribution in [2.75, 3.05) is 7.11 Å². The summed E-state index contributed by atoms with van der Waals surface area (Å²) in [4.78, 5) is 12.9. The smallest absolute Gasteiger partial charge is 0.342 e. The van der Waals surface area contributed by atoms with Crippen molar-refractivity contribution in [1.29, 1.82) is 0 Å². The number of para-hydroxylation sites is 1. The summed E-state index contributed by atoms with van der Waals surface area (Å²) in [7, 11) is 1.62. The molecule has 0 amide bonds. The van der Waals surface area contributed by atoms with Gasteiger partial charge in [0.15, 0.2) is 0 Å². The topological polar surface area (TPSA) is 53.4 Å². The van der Waals surface area contributed by atoms with E-state index in [2.05, 4.69) is 21.0 Å². The van der Waals surface area contributed by atoms with Gasteiger partial charge in [0.05, 0.1) is 12.8 Å². The van der Waals surface area contributed by atoms with Crippen molar-refractivity contribution in [1.82, 2.24) is 9.78 Å². The van der Waals surface area contributed by atoms with E-state index < -0.39 is 5.97 Å². The van der Waals surface area contributed by atoms with Gasteiger partial charge < -0.3 is 9.47 Å². The van der Waals surface area contributed by atoms with Crippen molar-refractivity contribution in [3.63, 3.8) is 0 Å². The second-order valence-corrected chi connectivity index (χ2v) is 7.52. The van der Waals surface area contributed by atoms with E-state index in [1.807, 2.05) is 78.9 Å². The van der Waals surface area contributed by atoms with Gasteiger partial charge in [0.1, 0.15) is 23.6 Å². The van der Waals surface area contributed by atoms with Crippen LogP contribution in [-0.2, 0) is 11.3 Å². The van der Waals surface area contributed by atoms with Crippen molar-refractivity contribution in [3.05, 3.63) is 101 Å². The number of benzene rings is 3. The third kappa shape index (κ3) is 4.44. The maximum Gasteiger partial charge on any atom is 0.342 e. The van der Waals surface area contributed by atoms with E-state index in [0.717, 1.165) is 27.0 Å². The molecule has 1 heterocycles. The van der Waals surface area contributed by atoms with Crippen LogP contribution < -0.4 is 4.74 Å². The summed E-state index contributed by atoms with van der Waals surface area (Å²) in [6.45, 7) is 0.185. The van der Waals surface area contributed by atoms with Gasteiger partial charge >= 0.3 is 5.97 Å². The Labute approximate surface area is 183 Å². The second kappa shape index (κ2) is 8.97. The van der Waals surface area contributed by atoms with Gasteiger partial charge in [0.2, 0.25) is 0 Å². The first-order chi connectivity index (χ1) is 14.6. The molecule has 1 aromatic heterocycles. The van der Waals surface area contributed by atoms with Gasteiger partial charge in [0, 0.05) is 16.2 Å². The third-order valence-electron chi connectivity index (χ3n) is 4.60. The number of hydrogen-bond donors (Lipinski definition) is 0. The molecule has 0 spiro atoms. The molecule has 0 radical (unpaired) electrons. The van der Waals surface area contributed by atoms with E-state index in [9.17, 15) is 4.79 Å². The molecule has 0 bridgehead atoms. The number of esters is 1. The standard InChI is InChI=1S/C24H19BrN2O3/c1-29-21-13-9-18(10-14-21)23-22(15-27(26-23)20-5-3-2-4-6-20)24(28)30-16-17-7-11-19(25)12-8-17/h2-15H,16H2,1H3. The molecule has 0 N–H and O–H groups in total. The molecule has 6 heteroatoms. The van der Waals surface area contributed by atoms with Gasteiger partial charge in [-0.05, 0) is 54.1 Å². The first-order valence-electron chi connectivity index (χ1n) is 9.35. The largest absolute Gasteiger partial charge is 0.497 e. The van der Waals surface area contributed by atoms with Crippen molar-refractivity contribution in [3.8, 4) is 22.7 Å². The Morgan fingerprint density at radius 1 is 0.967 bits per heavy atom. The van der Waals surface area contributed by atoms with Crippen LogP contribution in [0.2, 0.25) is 0 Å². The number of nitrogens with zero attached hydrogens (tertiary/aromatic N) is 2. The molecule has 0 aliphatic carbocycles. The van der Waals surface area contributed by atoms with Crippen LogP contribution in [0.25, 0.3) is 16.9 Å². The summed E-state index contributed by atoms with van der Waals surface area (Å²) in [5, 5.41) is 4.66. The number of ether oxygens (including phenoxy) is 2. The monoisotopic (exact) mass is 462 g/mol. The van der Waals surface area contributed by atoms with Crippen LogP contribution in [0.1, 0.15) is 15.9 Å². The minimum Gasteiger partial charge on any atom is -0.497 e. The summed E-state index contributed by atoms with van der Waals surface area (Å²) in [6.07, 6.45) is 1.71. The van der Waals surface area contributed by atoms with Gasteiger partial charge in [-0.3, -0.25) is 0 Å². The van der Waals surface area contributed by atoms with Crippen molar-refractivity contribution in [2.24, 2.45) is 0 Å². The number of hydrogen-bond acceptors (Lipinski definition) is 4. The minimum absolute atomic E-state index is 0.185. The first-order valence-corrected chi connectivity index (χ1v) is 10.1. The van der Waals surface area contributed by atoms with Crippen LogP contribution in [-0.4, -0.2) is 22.9 Å². The first kappa shape index (κ1) is 19.9. The molecule has 0 aliphatic rings. The molecule has 0 atom stereocenters. The average Bonchev–Trinajstić information content (AvgIpc) is 3.25. The maximum absolute atomic E-state index is 12.9. The van der Waals surface area contributed by atoms with E-state index >= 15 is 0 Å². The highest BCUT2D eigenvalue weighted by Crippen LogP contribution is 2.26. The summed E-state index contributed by atoms with van der Waals surface area (Å²) in [5.41, 5.74) is 3.54. The summed E-state index contributed by atoms with van der Waals surface area (Å²) >= 11 is 3.41. The van der Waals surface area contributed by atoms with Crippen LogP contribution >= 0.6 is 15.9 Å². The Kier molecular flexibility index (Phi) is 5.95. The highest BCUT2D eigenvalue weighted by molar-refractivity contribution is 9.10. The molecular formula is C24H19BrN2O3. The van der Waals surface area contributed by atoms with Gasteiger partial charge in [0.25, 0.3) is 0 Å². The fourth-order valence-electron chi connectivity index (χ4n) is 3.01. The van der Waals surface area contributed by atoms with Gasteiger partial charge in [-0.2, -0.15) is 5.10 Å². The number of aromatic nitrogens is 2. The Morgan fingerprint density at radius 3 is 2.33 bits per heavy atom. The number of halogens is 1. The Morgan fingerprint density at radius 2 is 1.67 bits per heavy atom. The zero-order valence-corrected chi connectivity index (χ0v) is 17.9. The van der Waals surface area contributed by atoms with Crippen molar-refractivity contribution >= 4 is 21.9 Å². The van der Waals surface area contributed by atoms with Crippen LogP contribution in [0.5, 0.6) is 5.75 Å². The fraction of sp³-hybridized carbons (Fsp3) is 0.0833.